The molecule has 2 aliphatic rings. The summed E-state index contributed by atoms with van der Waals surface area (Å²) in [7, 11) is 0. The fourth-order valence-electron chi connectivity index (χ4n) is 4.68. The van der Waals surface area contributed by atoms with Crippen molar-refractivity contribution in [3.05, 3.63) is 66.0 Å². The molecule has 0 saturated carbocycles. The number of hydrogen-bond donors (Lipinski definition) is 2. The molecule has 9 heteroatoms. The zero-order valence-corrected chi connectivity index (χ0v) is 20.3. The van der Waals surface area contributed by atoms with E-state index in [4.69, 9.17) is 14.7 Å². The molecule has 2 aromatic heterocycles. The van der Waals surface area contributed by atoms with Gasteiger partial charge in [-0.3, -0.25) is 9.78 Å². The molecule has 0 bridgehead atoms. The molecule has 0 spiro atoms. The number of morpholine rings is 1. The minimum absolute atomic E-state index is 0.00987. The summed E-state index contributed by atoms with van der Waals surface area (Å²) in [6.45, 7) is 4.92. The number of rotatable bonds is 7. The first-order valence-electron chi connectivity index (χ1n) is 12.5. The molecule has 4 heterocycles. The molecule has 36 heavy (non-hydrogen) atoms. The maximum Gasteiger partial charge on any atom is 0.223 e. The summed E-state index contributed by atoms with van der Waals surface area (Å²) in [5.41, 5.74) is 2.75. The van der Waals surface area contributed by atoms with Gasteiger partial charge in [0.25, 0.3) is 0 Å². The van der Waals surface area contributed by atoms with Gasteiger partial charge in [-0.05, 0) is 42.2 Å². The Hall–Kier alpha value is -3.56. The number of pyridine rings is 1. The predicted molar refractivity (Wildman–Crippen MR) is 137 cm³/mol. The van der Waals surface area contributed by atoms with E-state index >= 15 is 0 Å². The lowest BCUT2D eigenvalue weighted by molar-refractivity contribution is -0.125. The summed E-state index contributed by atoms with van der Waals surface area (Å²) >= 11 is 0. The zero-order chi connectivity index (χ0) is 24.7. The lowest BCUT2D eigenvalue weighted by Gasteiger charge is -2.33. The summed E-state index contributed by atoms with van der Waals surface area (Å²) in [6.07, 6.45) is 5.02. The molecular weight excluding hydrogens is 456 g/mol. The van der Waals surface area contributed by atoms with Crippen molar-refractivity contribution in [3.63, 3.8) is 0 Å². The van der Waals surface area contributed by atoms with Gasteiger partial charge in [-0.25, -0.2) is 9.97 Å². The van der Waals surface area contributed by atoms with E-state index in [9.17, 15) is 9.90 Å². The molecule has 5 rings (SSSR count). The lowest BCUT2D eigenvalue weighted by Crippen LogP contribution is -2.41. The molecule has 9 nitrogen and oxygen atoms in total. The fraction of sp³-hybridized carbons (Fsp3) is 0.407. The minimum Gasteiger partial charge on any atom is -0.392 e. The molecule has 0 atom stereocenters. The largest absolute Gasteiger partial charge is 0.392 e. The molecule has 1 amide bonds. The van der Waals surface area contributed by atoms with Crippen LogP contribution < -0.4 is 15.1 Å². The van der Waals surface area contributed by atoms with Crippen molar-refractivity contribution in [1.29, 1.82) is 0 Å². The van der Waals surface area contributed by atoms with E-state index in [1.165, 1.54) is 0 Å². The predicted octanol–water partition coefficient (Wildman–Crippen LogP) is 2.40. The zero-order valence-electron chi connectivity index (χ0n) is 20.3. The van der Waals surface area contributed by atoms with Crippen molar-refractivity contribution in [2.75, 3.05) is 49.2 Å². The molecule has 2 N–H and O–H groups in total. The quantitative estimate of drug-likeness (QED) is 0.523. The third kappa shape index (κ3) is 5.80. The van der Waals surface area contributed by atoms with Crippen LogP contribution >= 0.6 is 0 Å². The van der Waals surface area contributed by atoms with Crippen LogP contribution in [0, 0.1) is 5.92 Å². The number of aromatic nitrogens is 3. The monoisotopic (exact) mass is 488 g/mol. The highest BCUT2D eigenvalue weighted by Gasteiger charge is 2.27. The van der Waals surface area contributed by atoms with Crippen molar-refractivity contribution < 1.29 is 14.6 Å². The number of aliphatic hydroxyl groups excluding tert-OH is 1. The second-order valence-electron chi connectivity index (χ2n) is 9.20. The van der Waals surface area contributed by atoms with Crippen LogP contribution in [-0.2, 0) is 22.7 Å². The van der Waals surface area contributed by atoms with E-state index in [2.05, 4.69) is 26.2 Å². The Bertz CT molecular complexity index is 1160. The average Bonchev–Trinajstić information content (AvgIpc) is 2.97. The molecule has 2 saturated heterocycles. The minimum atomic E-state index is -0.0272. The summed E-state index contributed by atoms with van der Waals surface area (Å²) in [5.74, 6) is 2.48. The SMILES string of the molecule is O=C(NCc1ccncc1)C1CCN(c2cc(N3CCOCC3)nc(-c3cccc(CO)c3)n2)CC1. The second-order valence-corrected chi connectivity index (χ2v) is 9.20. The van der Waals surface area contributed by atoms with Crippen molar-refractivity contribution in [2.45, 2.75) is 26.0 Å². The molecule has 188 valence electrons. The van der Waals surface area contributed by atoms with Crippen LogP contribution in [-0.4, -0.2) is 65.4 Å². The smallest absolute Gasteiger partial charge is 0.223 e. The number of nitrogens with zero attached hydrogens (tertiary/aromatic N) is 5. The third-order valence-electron chi connectivity index (χ3n) is 6.81. The standard InChI is InChI=1S/C27H32N6O3/c34-19-21-2-1-3-23(16-21)26-30-24(17-25(31-26)33-12-14-36-15-13-33)32-10-6-22(7-11-32)27(35)29-18-20-4-8-28-9-5-20/h1-5,8-9,16-17,22,34H,6-7,10-15,18-19H2,(H,29,35). The molecule has 0 radical (unpaired) electrons. The van der Waals surface area contributed by atoms with Gasteiger partial charge in [0.05, 0.1) is 19.8 Å². The van der Waals surface area contributed by atoms with Gasteiger partial charge in [0.2, 0.25) is 5.91 Å². The molecule has 0 unspecified atom stereocenters. The number of nitrogens with one attached hydrogen (secondary N) is 1. The summed E-state index contributed by atoms with van der Waals surface area (Å²) in [5, 5.41) is 12.7. The number of anilines is 2. The molecule has 2 fully saturated rings. The molecular formula is C27H32N6O3. The molecule has 0 aliphatic carbocycles. The van der Waals surface area contributed by atoms with E-state index in [0.717, 1.165) is 67.3 Å². The number of aliphatic hydroxyl groups is 1. The van der Waals surface area contributed by atoms with Crippen molar-refractivity contribution in [1.82, 2.24) is 20.3 Å². The average molecular weight is 489 g/mol. The van der Waals surface area contributed by atoms with Crippen molar-refractivity contribution >= 4 is 17.5 Å². The number of benzene rings is 1. The van der Waals surface area contributed by atoms with Gasteiger partial charge in [0, 0.05) is 62.7 Å². The van der Waals surface area contributed by atoms with E-state index in [0.29, 0.717) is 25.6 Å². The summed E-state index contributed by atoms with van der Waals surface area (Å²) < 4.78 is 5.53. The first kappa shape index (κ1) is 24.1. The maximum atomic E-state index is 12.8. The lowest BCUT2D eigenvalue weighted by atomic mass is 9.96. The van der Waals surface area contributed by atoms with Crippen molar-refractivity contribution in [2.24, 2.45) is 5.92 Å². The van der Waals surface area contributed by atoms with Gasteiger partial charge in [-0.2, -0.15) is 0 Å². The van der Waals surface area contributed by atoms with Crippen LogP contribution in [0.1, 0.15) is 24.0 Å². The van der Waals surface area contributed by atoms with Gasteiger partial charge in [0.15, 0.2) is 5.82 Å². The van der Waals surface area contributed by atoms with Gasteiger partial charge >= 0.3 is 0 Å². The fourth-order valence-corrected chi connectivity index (χ4v) is 4.68. The number of carbonyl (C=O) groups is 1. The highest BCUT2D eigenvalue weighted by Crippen LogP contribution is 2.29. The van der Waals surface area contributed by atoms with Crippen LogP contribution in [0.5, 0.6) is 0 Å². The first-order chi connectivity index (χ1) is 17.7. The van der Waals surface area contributed by atoms with Crippen LogP contribution in [0.2, 0.25) is 0 Å². The Kier molecular flexibility index (Phi) is 7.68. The van der Waals surface area contributed by atoms with E-state index in [1.54, 1.807) is 12.4 Å². The van der Waals surface area contributed by atoms with Gasteiger partial charge in [-0.1, -0.05) is 18.2 Å². The molecule has 3 aromatic rings. The Labute approximate surface area is 211 Å². The van der Waals surface area contributed by atoms with E-state index < -0.39 is 0 Å². The number of amides is 1. The highest BCUT2D eigenvalue weighted by molar-refractivity contribution is 5.79. The summed E-state index contributed by atoms with van der Waals surface area (Å²) in [4.78, 5) is 31.1. The Morgan fingerprint density at radius 2 is 1.64 bits per heavy atom. The molecule has 2 aliphatic heterocycles. The Morgan fingerprint density at radius 3 is 2.33 bits per heavy atom. The van der Waals surface area contributed by atoms with Crippen LogP contribution in [0.4, 0.5) is 11.6 Å². The number of carbonyl (C=O) groups excluding carboxylic acids is 1. The topological polar surface area (TPSA) is 104 Å². The molecule has 1 aromatic carbocycles. The second kappa shape index (κ2) is 11.5. The number of hydrogen-bond acceptors (Lipinski definition) is 8. The van der Waals surface area contributed by atoms with E-state index in [-0.39, 0.29) is 18.4 Å². The Balaban J connectivity index is 1.31. The number of piperidine rings is 1. The third-order valence-corrected chi connectivity index (χ3v) is 6.81. The van der Waals surface area contributed by atoms with Gasteiger partial charge in [0.1, 0.15) is 11.6 Å². The maximum absolute atomic E-state index is 12.8. The van der Waals surface area contributed by atoms with Crippen LogP contribution in [0.3, 0.4) is 0 Å². The Morgan fingerprint density at radius 1 is 0.944 bits per heavy atom. The highest BCUT2D eigenvalue weighted by atomic mass is 16.5. The van der Waals surface area contributed by atoms with Crippen molar-refractivity contribution in [3.8, 4) is 11.4 Å². The normalized spacial score (nSPS) is 16.7. The van der Waals surface area contributed by atoms with Crippen LogP contribution in [0.25, 0.3) is 11.4 Å². The first-order valence-corrected chi connectivity index (χ1v) is 12.5. The summed E-state index contributed by atoms with van der Waals surface area (Å²) in [6, 6.07) is 13.6. The van der Waals surface area contributed by atoms with Crippen LogP contribution in [0.15, 0.2) is 54.9 Å². The number of ether oxygens (including phenoxy) is 1. The van der Waals surface area contributed by atoms with E-state index in [1.807, 2.05) is 36.4 Å². The van der Waals surface area contributed by atoms with Gasteiger partial charge in [-0.15, -0.1) is 0 Å². The van der Waals surface area contributed by atoms with Gasteiger partial charge < -0.3 is 25.0 Å².